The fourth-order valence-corrected chi connectivity index (χ4v) is 2.05. The highest BCUT2D eigenvalue weighted by atomic mass is 79.9. The third kappa shape index (κ3) is 2.42. The van der Waals surface area contributed by atoms with E-state index in [1.165, 1.54) is 6.07 Å². The summed E-state index contributed by atoms with van der Waals surface area (Å²) < 4.78 is 20.0. The molecule has 0 radical (unpaired) electrons. The molecule has 0 aliphatic carbocycles. The lowest BCUT2D eigenvalue weighted by molar-refractivity contribution is 0.570. The summed E-state index contributed by atoms with van der Waals surface area (Å²) in [5, 5.41) is 7.82. The van der Waals surface area contributed by atoms with Crippen LogP contribution in [0.3, 0.4) is 0 Å². The Morgan fingerprint density at radius 3 is 2.47 bits per heavy atom. The van der Waals surface area contributed by atoms with Gasteiger partial charge in [0.25, 0.3) is 5.89 Å². The van der Waals surface area contributed by atoms with E-state index in [0.29, 0.717) is 5.89 Å². The maximum absolute atomic E-state index is 13.7. The predicted octanol–water partition coefficient (Wildman–Crippen LogP) is 4.31. The summed E-state index contributed by atoms with van der Waals surface area (Å²) in [6.07, 6.45) is 0. The molecule has 0 atom stereocenters. The van der Waals surface area contributed by atoms with Crippen molar-refractivity contribution in [3.05, 3.63) is 58.8 Å². The summed E-state index contributed by atoms with van der Waals surface area (Å²) in [5.41, 5.74) is 1.08. The second kappa shape index (κ2) is 4.93. The molecule has 3 nitrogen and oxygen atoms in total. The maximum atomic E-state index is 13.7. The van der Waals surface area contributed by atoms with Crippen LogP contribution in [0.5, 0.6) is 0 Å². The van der Waals surface area contributed by atoms with Crippen molar-refractivity contribution >= 4 is 15.9 Å². The van der Waals surface area contributed by atoms with E-state index in [2.05, 4.69) is 26.1 Å². The Hall–Kier alpha value is -2.01. The van der Waals surface area contributed by atoms with Crippen LogP contribution in [0, 0.1) is 5.82 Å². The van der Waals surface area contributed by atoms with Gasteiger partial charge >= 0.3 is 0 Å². The van der Waals surface area contributed by atoms with E-state index in [0.717, 1.165) is 10.0 Å². The van der Waals surface area contributed by atoms with Crippen molar-refractivity contribution in [2.75, 3.05) is 0 Å². The zero-order chi connectivity index (χ0) is 13.2. The number of benzene rings is 2. The van der Waals surface area contributed by atoms with Gasteiger partial charge in [-0.15, -0.1) is 10.2 Å². The standard InChI is InChI=1S/C14H8BrFN2O/c15-10-6-7-12(16)11(8-10)14-18-17-13(19-14)9-4-2-1-3-5-9/h1-8H. The van der Waals surface area contributed by atoms with Gasteiger partial charge in [-0.05, 0) is 30.3 Å². The molecule has 1 heterocycles. The lowest BCUT2D eigenvalue weighted by atomic mass is 10.2. The summed E-state index contributed by atoms with van der Waals surface area (Å²) in [6, 6.07) is 13.9. The molecular formula is C14H8BrFN2O. The molecule has 94 valence electrons. The van der Waals surface area contributed by atoms with E-state index in [1.54, 1.807) is 12.1 Å². The molecule has 0 unspecified atom stereocenters. The van der Waals surface area contributed by atoms with Gasteiger partial charge in [-0.1, -0.05) is 34.1 Å². The van der Waals surface area contributed by atoms with Crippen LogP contribution < -0.4 is 0 Å². The molecule has 3 aromatic rings. The molecule has 0 amide bonds. The molecule has 5 heteroatoms. The molecule has 19 heavy (non-hydrogen) atoms. The van der Waals surface area contributed by atoms with Gasteiger partial charge in [-0.2, -0.15) is 0 Å². The lowest BCUT2D eigenvalue weighted by Crippen LogP contribution is -1.84. The van der Waals surface area contributed by atoms with Crippen molar-refractivity contribution < 1.29 is 8.81 Å². The molecule has 0 aliphatic rings. The van der Waals surface area contributed by atoms with Gasteiger partial charge in [-0.25, -0.2) is 4.39 Å². The molecular weight excluding hydrogens is 311 g/mol. The smallest absolute Gasteiger partial charge is 0.251 e. The quantitative estimate of drug-likeness (QED) is 0.707. The van der Waals surface area contributed by atoms with Gasteiger partial charge in [0.15, 0.2) is 0 Å². The molecule has 0 bridgehead atoms. The third-order valence-corrected chi connectivity index (χ3v) is 3.10. The zero-order valence-corrected chi connectivity index (χ0v) is 11.3. The molecule has 0 aliphatic heterocycles. The Kier molecular flexibility index (Phi) is 3.13. The number of rotatable bonds is 2. The fraction of sp³-hybridized carbons (Fsp3) is 0. The van der Waals surface area contributed by atoms with Crippen LogP contribution in [-0.4, -0.2) is 10.2 Å². The number of aromatic nitrogens is 2. The number of halogens is 2. The number of nitrogens with zero attached hydrogens (tertiary/aromatic N) is 2. The summed E-state index contributed by atoms with van der Waals surface area (Å²) in [7, 11) is 0. The van der Waals surface area contributed by atoms with Crippen molar-refractivity contribution in [3.8, 4) is 22.9 Å². The van der Waals surface area contributed by atoms with Crippen molar-refractivity contribution in [1.29, 1.82) is 0 Å². The van der Waals surface area contributed by atoms with Crippen LogP contribution in [-0.2, 0) is 0 Å². The Morgan fingerprint density at radius 2 is 1.68 bits per heavy atom. The first-order chi connectivity index (χ1) is 9.24. The summed E-state index contributed by atoms with van der Waals surface area (Å²) in [5.74, 6) is 0.138. The SMILES string of the molecule is Fc1ccc(Br)cc1-c1nnc(-c2ccccc2)o1. The average Bonchev–Trinajstić information content (AvgIpc) is 2.92. The van der Waals surface area contributed by atoms with Gasteiger partial charge in [0.05, 0.1) is 5.56 Å². The Labute approximate surface area is 117 Å². The highest BCUT2D eigenvalue weighted by molar-refractivity contribution is 9.10. The Balaban J connectivity index is 2.04. The molecule has 0 spiro atoms. The van der Waals surface area contributed by atoms with Crippen molar-refractivity contribution in [2.45, 2.75) is 0 Å². The van der Waals surface area contributed by atoms with Crippen LogP contribution in [0.4, 0.5) is 4.39 Å². The number of hydrogen-bond donors (Lipinski definition) is 0. The van der Waals surface area contributed by atoms with E-state index in [1.807, 2.05) is 30.3 Å². The monoisotopic (exact) mass is 318 g/mol. The van der Waals surface area contributed by atoms with Gasteiger partial charge in [0.2, 0.25) is 5.89 Å². The zero-order valence-electron chi connectivity index (χ0n) is 9.68. The third-order valence-electron chi connectivity index (χ3n) is 2.60. The minimum atomic E-state index is -0.397. The highest BCUT2D eigenvalue weighted by Gasteiger charge is 2.14. The Morgan fingerprint density at radius 1 is 0.947 bits per heavy atom. The summed E-state index contributed by atoms with van der Waals surface area (Å²) in [4.78, 5) is 0. The van der Waals surface area contributed by atoms with Crippen molar-refractivity contribution in [2.24, 2.45) is 0 Å². The summed E-state index contributed by atoms with van der Waals surface area (Å²) >= 11 is 3.29. The highest BCUT2D eigenvalue weighted by Crippen LogP contribution is 2.27. The lowest BCUT2D eigenvalue weighted by Gasteiger charge is -1.98. The van der Waals surface area contributed by atoms with Crippen LogP contribution in [0.2, 0.25) is 0 Å². The van der Waals surface area contributed by atoms with E-state index < -0.39 is 5.82 Å². The van der Waals surface area contributed by atoms with Crippen molar-refractivity contribution in [1.82, 2.24) is 10.2 Å². The van der Waals surface area contributed by atoms with Crippen molar-refractivity contribution in [3.63, 3.8) is 0 Å². The van der Waals surface area contributed by atoms with E-state index in [9.17, 15) is 4.39 Å². The van der Waals surface area contributed by atoms with E-state index in [-0.39, 0.29) is 11.5 Å². The van der Waals surface area contributed by atoms with Crippen LogP contribution in [0.15, 0.2) is 57.4 Å². The first kappa shape index (κ1) is 12.0. The second-order valence-electron chi connectivity index (χ2n) is 3.90. The fourth-order valence-electron chi connectivity index (χ4n) is 1.69. The maximum Gasteiger partial charge on any atom is 0.251 e. The molecule has 0 N–H and O–H groups in total. The molecule has 0 saturated carbocycles. The van der Waals surface area contributed by atoms with E-state index in [4.69, 9.17) is 4.42 Å². The minimum absolute atomic E-state index is 0.164. The molecule has 2 aromatic carbocycles. The molecule has 0 saturated heterocycles. The second-order valence-corrected chi connectivity index (χ2v) is 4.82. The molecule has 0 fully saturated rings. The molecule has 1 aromatic heterocycles. The van der Waals surface area contributed by atoms with Gasteiger partial charge in [0.1, 0.15) is 5.82 Å². The summed E-state index contributed by atoms with van der Waals surface area (Å²) in [6.45, 7) is 0. The topological polar surface area (TPSA) is 38.9 Å². The van der Waals surface area contributed by atoms with Gasteiger partial charge < -0.3 is 4.42 Å². The Bertz CT molecular complexity index is 712. The first-order valence-electron chi connectivity index (χ1n) is 5.58. The van der Waals surface area contributed by atoms with Crippen LogP contribution in [0.1, 0.15) is 0 Å². The van der Waals surface area contributed by atoms with Crippen LogP contribution >= 0.6 is 15.9 Å². The predicted molar refractivity (Wildman–Crippen MR) is 72.8 cm³/mol. The largest absolute Gasteiger partial charge is 0.416 e. The first-order valence-corrected chi connectivity index (χ1v) is 6.38. The van der Waals surface area contributed by atoms with Crippen LogP contribution in [0.25, 0.3) is 22.9 Å². The normalized spacial score (nSPS) is 10.6. The number of hydrogen-bond acceptors (Lipinski definition) is 3. The average molecular weight is 319 g/mol. The van der Waals surface area contributed by atoms with Gasteiger partial charge in [0, 0.05) is 10.0 Å². The minimum Gasteiger partial charge on any atom is -0.416 e. The molecule has 3 rings (SSSR count). The van der Waals surface area contributed by atoms with E-state index >= 15 is 0 Å². The van der Waals surface area contributed by atoms with Gasteiger partial charge in [-0.3, -0.25) is 0 Å².